The van der Waals surface area contributed by atoms with Crippen LogP contribution < -0.4 is 10.2 Å². The maximum Gasteiger partial charge on any atom is 0.129 e. The third-order valence-electron chi connectivity index (χ3n) is 3.48. The number of pyridine rings is 1. The largest absolute Gasteiger partial charge is 0.354 e. The summed E-state index contributed by atoms with van der Waals surface area (Å²) < 4.78 is 0. The molecule has 0 saturated carbocycles. The molecular weight excluding hydrogens is 280 g/mol. The van der Waals surface area contributed by atoms with Crippen LogP contribution in [0.3, 0.4) is 0 Å². The molecule has 0 fully saturated rings. The van der Waals surface area contributed by atoms with Crippen molar-refractivity contribution < 1.29 is 0 Å². The molecule has 0 radical (unpaired) electrons. The van der Waals surface area contributed by atoms with Crippen LogP contribution in [0.15, 0.2) is 17.6 Å². The quantitative estimate of drug-likeness (QED) is 0.853. The van der Waals surface area contributed by atoms with E-state index in [4.69, 9.17) is 4.98 Å². The summed E-state index contributed by atoms with van der Waals surface area (Å²) >= 11 is 1.71. The highest BCUT2D eigenvalue weighted by Crippen LogP contribution is 2.20. The van der Waals surface area contributed by atoms with E-state index in [2.05, 4.69) is 55.2 Å². The van der Waals surface area contributed by atoms with E-state index < -0.39 is 0 Å². The number of aromatic nitrogens is 2. The van der Waals surface area contributed by atoms with Gasteiger partial charge in [0.2, 0.25) is 0 Å². The Morgan fingerprint density at radius 2 is 2.10 bits per heavy atom. The van der Waals surface area contributed by atoms with Crippen LogP contribution in [0.4, 0.5) is 5.82 Å². The summed E-state index contributed by atoms with van der Waals surface area (Å²) in [6.07, 6.45) is 0.959. The van der Waals surface area contributed by atoms with Crippen molar-refractivity contribution in [2.45, 2.75) is 40.3 Å². The lowest BCUT2D eigenvalue weighted by molar-refractivity contribution is 0.723. The van der Waals surface area contributed by atoms with Crippen LogP contribution in [0.5, 0.6) is 0 Å². The van der Waals surface area contributed by atoms with Gasteiger partial charge in [-0.3, -0.25) is 0 Å². The lowest BCUT2D eigenvalue weighted by atomic mass is 10.2. The number of nitrogens with zero attached hydrogens (tertiary/aromatic N) is 3. The number of nitrogens with one attached hydrogen (secondary N) is 1. The second-order valence-corrected chi connectivity index (χ2v) is 6.12. The molecule has 0 aliphatic carbocycles. The minimum atomic E-state index is 0.858. The zero-order chi connectivity index (χ0) is 15.2. The summed E-state index contributed by atoms with van der Waals surface area (Å²) in [5.41, 5.74) is 5.47. The first-order valence-electron chi connectivity index (χ1n) is 7.44. The maximum atomic E-state index is 4.75. The summed E-state index contributed by atoms with van der Waals surface area (Å²) in [6.45, 7) is 9.07. The minimum Gasteiger partial charge on any atom is -0.354 e. The topological polar surface area (TPSA) is 41.1 Å². The number of aryl methyl sites for hydroxylation is 2. The summed E-state index contributed by atoms with van der Waals surface area (Å²) in [7, 11) is 2.10. The molecule has 1 N–H and O–H groups in total. The molecule has 0 atom stereocenters. The van der Waals surface area contributed by atoms with Gasteiger partial charge in [0, 0.05) is 24.2 Å². The van der Waals surface area contributed by atoms with Crippen molar-refractivity contribution in [2.75, 3.05) is 18.5 Å². The molecule has 2 heterocycles. The van der Waals surface area contributed by atoms with Crippen LogP contribution in [0.2, 0.25) is 0 Å². The molecular formula is C16H24N4S. The Bertz CT molecular complexity index is 579. The summed E-state index contributed by atoms with van der Waals surface area (Å²) in [5, 5.41) is 3.38. The van der Waals surface area contributed by atoms with E-state index in [0.29, 0.717) is 0 Å². The highest BCUT2D eigenvalue weighted by Gasteiger charge is 2.10. The van der Waals surface area contributed by atoms with Gasteiger partial charge in [-0.1, -0.05) is 13.8 Å². The minimum absolute atomic E-state index is 0.858. The van der Waals surface area contributed by atoms with Crippen molar-refractivity contribution >= 4 is 17.2 Å². The first-order chi connectivity index (χ1) is 10.1. The zero-order valence-corrected chi connectivity index (χ0v) is 14.1. The fourth-order valence-corrected chi connectivity index (χ4v) is 2.99. The Morgan fingerprint density at radius 1 is 1.29 bits per heavy atom. The molecule has 0 aliphatic rings. The van der Waals surface area contributed by atoms with Gasteiger partial charge in [-0.2, -0.15) is 0 Å². The van der Waals surface area contributed by atoms with E-state index in [1.54, 1.807) is 11.3 Å². The Hall–Kier alpha value is -1.46. The molecule has 0 bridgehead atoms. The van der Waals surface area contributed by atoms with Gasteiger partial charge in [-0.15, -0.1) is 11.3 Å². The third kappa shape index (κ3) is 4.25. The number of anilines is 1. The molecule has 0 unspecified atom stereocenters. The molecule has 2 rings (SSSR count). The second kappa shape index (κ2) is 7.52. The van der Waals surface area contributed by atoms with Crippen molar-refractivity contribution in [3.8, 4) is 0 Å². The molecule has 0 amide bonds. The molecule has 0 aliphatic heterocycles. The first-order valence-corrected chi connectivity index (χ1v) is 8.32. The molecule has 2 aromatic rings. The van der Waals surface area contributed by atoms with Crippen molar-refractivity contribution in [2.24, 2.45) is 0 Å². The number of hydrogen-bond donors (Lipinski definition) is 1. The van der Waals surface area contributed by atoms with Crippen molar-refractivity contribution in [3.05, 3.63) is 39.5 Å². The van der Waals surface area contributed by atoms with Gasteiger partial charge in [-0.05, 0) is 37.6 Å². The van der Waals surface area contributed by atoms with Crippen molar-refractivity contribution in [1.82, 2.24) is 15.3 Å². The molecule has 0 aromatic carbocycles. The first kappa shape index (κ1) is 15.9. The fraction of sp³-hybridized carbons (Fsp3) is 0.500. The molecule has 4 nitrogen and oxygen atoms in total. The van der Waals surface area contributed by atoms with Crippen LogP contribution in [0.1, 0.15) is 35.7 Å². The maximum absolute atomic E-state index is 4.75. The van der Waals surface area contributed by atoms with Crippen LogP contribution in [-0.2, 0) is 19.5 Å². The smallest absolute Gasteiger partial charge is 0.129 e. The van der Waals surface area contributed by atoms with E-state index in [9.17, 15) is 0 Å². The van der Waals surface area contributed by atoms with Crippen molar-refractivity contribution in [3.63, 3.8) is 0 Å². The van der Waals surface area contributed by atoms with E-state index in [0.717, 1.165) is 43.3 Å². The number of hydrogen-bond acceptors (Lipinski definition) is 5. The highest BCUT2D eigenvalue weighted by molar-refractivity contribution is 7.09. The van der Waals surface area contributed by atoms with Gasteiger partial charge in [-0.25, -0.2) is 9.97 Å². The van der Waals surface area contributed by atoms with Gasteiger partial charge >= 0.3 is 0 Å². The second-order valence-electron chi connectivity index (χ2n) is 5.18. The third-order valence-corrected chi connectivity index (χ3v) is 4.40. The summed E-state index contributed by atoms with van der Waals surface area (Å²) in [5.74, 6) is 1.04. The molecule has 2 aromatic heterocycles. The van der Waals surface area contributed by atoms with Gasteiger partial charge in [0.25, 0.3) is 0 Å². The van der Waals surface area contributed by atoms with Crippen LogP contribution in [0.25, 0.3) is 0 Å². The lowest BCUT2D eigenvalue weighted by Crippen LogP contribution is -2.19. The molecule has 114 valence electrons. The molecule has 21 heavy (non-hydrogen) atoms. The highest BCUT2D eigenvalue weighted by atomic mass is 32.1. The lowest BCUT2D eigenvalue weighted by Gasteiger charge is -2.19. The zero-order valence-electron chi connectivity index (χ0n) is 13.3. The SMILES string of the molecule is CCNCc1cc(CC)nc(N(C)Cc2scnc2C)c1. The molecule has 5 heteroatoms. The summed E-state index contributed by atoms with van der Waals surface area (Å²) in [4.78, 5) is 12.6. The Morgan fingerprint density at radius 3 is 2.71 bits per heavy atom. The van der Waals surface area contributed by atoms with Crippen LogP contribution >= 0.6 is 11.3 Å². The van der Waals surface area contributed by atoms with E-state index in [-0.39, 0.29) is 0 Å². The van der Waals surface area contributed by atoms with E-state index >= 15 is 0 Å². The molecule has 0 saturated heterocycles. The van der Waals surface area contributed by atoms with Gasteiger partial charge in [0.1, 0.15) is 5.82 Å². The van der Waals surface area contributed by atoms with Crippen LogP contribution in [-0.4, -0.2) is 23.6 Å². The van der Waals surface area contributed by atoms with E-state index in [1.165, 1.54) is 10.4 Å². The van der Waals surface area contributed by atoms with Crippen LogP contribution in [0, 0.1) is 6.92 Å². The predicted octanol–water partition coefficient (Wildman–Crippen LogP) is 3.15. The monoisotopic (exact) mass is 304 g/mol. The Balaban J connectivity index is 2.18. The Labute approximate surface area is 131 Å². The Kier molecular flexibility index (Phi) is 5.70. The number of thiazole rings is 1. The normalized spacial score (nSPS) is 10.9. The van der Waals surface area contributed by atoms with E-state index in [1.807, 2.05) is 5.51 Å². The van der Waals surface area contributed by atoms with Gasteiger partial charge in [0.05, 0.1) is 17.7 Å². The summed E-state index contributed by atoms with van der Waals surface area (Å²) in [6, 6.07) is 4.37. The predicted molar refractivity (Wildman–Crippen MR) is 90.0 cm³/mol. The molecule has 0 spiro atoms. The average molecular weight is 304 g/mol. The standard InChI is InChI=1S/C16H24N4S/c1-5-14-7-13(9-17-6-2)8-16(19-14)20(4)10-15-12(3)18-11-21-15/h7-8,11,17H,5-6,9-10H2,1-4H3. The number of rotatable bonds is 7. The average Bonchev–Trinajstić information content (AvgIpc) is 2.90. The fourth-order valence-electron chi connectivity index (χ4n) is 2.16. The van der Waals surface area contributed by atoms with Gasteiger partial charge in [0.15, 0.2) is 0 Å². The van der Waals surface area contributed by atoms with Gasteiger partial charge < -0.3 is 10.2 Å². The van der Waals surface area contributed by atoms with Crippen molar-refractivity contribution in [1.29, 1.82) is 0 Å².